The van der Waals surface area contributed by atoms with Gasteiger partial charge in [-0.1, -0.05) is 17.7 Å². The number of benzene rings is 2. The van der Waals surface area contributed by atoms with Crippen LogP contribution in [0.15, 0.2) is 54.6 Å². The van der Waals surface area contributed by atoms with Crippen molar-refractivity contribution in [2.75, 3.05) is 19.7 Å². The third-order valence-corrected chi connectivity index (χ3v) is 6.58. The third-order valence-electron chi connectivity index (χ3n) is 6.58. The number of amides is 1. The molecule has 1 amide bonds. The summed E-state index contributed by atoms with van der Waals surface area (Å²) >= 11 is 0. The summed E-state index contributed by atoms with van der Waals surface area (Å²) < 4.78 is 20.5. The van der Waals surface area contributed by atoms with Gasteiger partial charge in [0.25, 0.3) is 5.91 Å². The van der Waals surface area contributed by atoms with Crippen molar-refractivity contribution in [1.82, 2.24) is 9.47 Å². The van der Waals surface area contributed by atoms with Crippen molar-refractivity contribution in [3.63, 3.8) is 0 Å². The Morgan fingerprint density at radius 1 is 0.943 bits per heavy atom. The van der Waals surface area contributed by atoms with E-state index in [2.05, 4.69) is 0 Å². The topological polar surface area (TPSA) is 68.6 Å². The van der Waals surface area contributed by atoms with E-state index in [1.54, 1.807) is 4.90 Å². The van der Waals surface area contributed by atoms with Crippen molar-refractivity contribution in [2.45, 2.75) is 33.6 Å². The molecule has 2 heterocycles. The van der Waals surface area contributed by atoms with E-state index in [-0.39, 0.29) is 24.2 Å². The van der Waals surface area contributed by atoms with Gasteiger partial charge < -0.3 is 14.2 Å². The highest BCUT2D eigenvalue weighted by Gasteiger charge is 2.29. The zero-order valence-corrected chi connectivity index (χ0v) is 20.2. The molecule has 1 aliphatic rings. The summed E-state index contributed by atoms with van der Waals surface area (Å²) in [6, 6.07) is 15.3. The standard InChI is InChI=1S/C28H29FN2O4/c1-18-4-10-24(11-5-18)31-19(2)16-25(20(31)3)26(32)17-35-28(34)22-12-14-30(15-13-22)27(33)21-6-8-23(29)9-7-21/h4-11,16,22H,12-15,17H2,1-3H3. The Morgan fingerprint density at radius 2 is 1.57 bits per heavy atom. The van der Waals surface area contributed by atoms with Crippen molar-refractivity contribution < 1.29 is 23.5 Å². The number of halogens is 1. The van der Waals surface area contributed by atoms with Crippen molar-refractivity contribution in [1.29, 1.82) is 0 Å². The van der Waals surface area contributed by atoms with Crippen molar-refractivity contribution in [3.05, 3.63) is 88.5 Å². The normalized spacial score (nSPS) is 14.1. The number of hydrogen-bond acceptors (Lipinski definition) is 4. The molecule has 1 saturated heterocycles. The summed E-state index contributed by atoms with van der Waals surface area (Å²) in [5.74, 6) is -1.60. The molecule has 0 unspecified atom stereocenters. The van der Waals surface area contributed by atoms with Gasteiger partial charge in [0, 0.05) is 41.3 Å². The molecule has 35 heavy (non-hydrogen) atoms. The summed E-state index contributed by atoms with van der Waals surface area (Å²) in [7, 11) is 0. The summed E-state index contributed by atoms with van der Waals surface area (Å²) in [6.45, 7) is 6.34. The van der Waals surface area contributed by atoms with E-state index in [1.807, 2.05) is 55.7 Å². The van der Waals surface area contributed by atoms with E-state index in [1.165, 1.54) is 24.3 Å². The smallest absolute Gasteiger partial charge is 0.309 e. The van der Waals surface area contributed by atoms with Crippen LogP contribution in [0.3, 0.4) is 0 Å². The first kappa shape index (κ1) is 24.4. The second-order valence-corrected chi connectivity index (χ2v) is 9.06. The minimum Gasteiger partial charge on any atom is -0.457 e. The van der Waals surface area contributed by atoms with Gasteiger partial charge in [-0.3, -0.25) is 14.4 Å². The molecule has 0 spiro atoms. The lowest BCUT2D eigenvalue weighted by Gasteiger charge is -2.31. The average Bonchev–Trinajstić information content (AvgIpc) is 3.16. The van der Waals surface area contributed by atoms with Gasteiger partial charge in [-0.25, -0.2) is 4.39 Å². The van der Waals surface area contributed by atoms with Crippen LogP contribution in [-0.4, -0.2) is 46.8 Å². The van der Waals surface area contributed by atoms with Crippen LogP contribution in [0.2, 0.25) is 0 Å². The molecule has 4 rings (SSSR count). The quantitative estimate of drug-likeness (QED) is 0.378. The molecule has 0 N–H and O–H groups in total. The molecule has 0 radical (unpaired) electrons. The van der Waals surface area contributed by atoms with Gasteiger partial charge in [0.15, 0.2) is 6.61 Å². The van der Waals surface area contributed by atoms with Crippen LogP contribution in [0, 0.1) is 32.5 Å². The molecule has 2 aromatic carbocycles. The molecule has 7 heteroatoms. The van der Waals surface area contributed by atoms with Crippen molar-refractivity contribution >= 4 is 17.7 Å². The maximum atomic E-state index is 13.1. The molecular formula is C28H29FN2O4. The summed E-state index contributed by atoms with van der Waals surface area (Å²) in [4.78, 5) is 39.7. The van der Waals surface area contributed by atoms with Gasteiger partial charge in [0.2, 0.25) is 5.78 Å². The van der Waals surface area contributed by atoms with Gasteiger partial charge in [-0.15, -0.1) is 0 Å². The van der Waals surface area contributed by atoms with Crippen LogP contribution in [0.4, 0.5) is 4.39 Å². The van der Waals surface area contributed by atoms with Gasteiger partial charge in [0.1, 0.15) is 5.82 Å². The first-order valence-electron chi connectivity index (χ1n) is 11.7. The molecule has 3 aromatic rings. The van der Waals surface area contributed by atoms with Crippen LogP contribution in [0.5, 0.6) is 0 Å². The molecule has 182 valence electrons. The first-order valence-corrected chi connectivity index (χ1v) is 11.7. The lowest BCUT2D eigenvalue weighted by molar-refractivity contribution is -0.148. The van der Waals surface area contributed by atoms with Crippen LogP contribution in [0.1, 0.15) is 50.5 Å². The molecular weight excluding hydrogens is 447 g/mol. The van der Waals surface area contributed by atoms with Crippen LogP contribution < -0.4 is 0 Å². The number of ketones is 1. The Kier molecular flexibility index (Phi) is 7.15. The monoisotopic (exact) mass is 476 g/mol. The van der Waals surface area contributed by atoms with E-state index >= 15 is 0 Å². The van der Waals surface area contributed by atoms with Gasteiger partial charge in [-0.2, -0.15) is 0 Å². The number of nitrogens with zero attached hydrogens (tertiary/aromatic N) is 2. The summed E-state index contributed by atoms with van der Waals surface area (Å²) in [5.41, 5.74) is 4.82. The largest absolute Gasteiger partial charge is 0.457 e. The number of ether oxygens (including phenoxy) is 1. The number of hydrogen-bond donors (Lipinski definition) is 0. The maximum Gasteiger partial charge on any atom is 0.309 e. The van der Waals surface area contributed by atoms with Crippen LogP contribution in [0.25, 0.3) is 5.69 Å². The van der Waals surface area contributed by atoms with E-state index < -0.39 is 11.8 Å². The SMILES string of the molecule is Cc1ccc(-n2c(C)cc(C(=O)COC(=O)C3CCN(C(=O)c4ccc(F)cc4)CC3)c2C)cc1. The lowest BCUT2D eigenvalue weighted by atomic mass is 9.96. The third kappa shape index (κ3) is 5.34. The number of esters is 1. The van der Waals surface area contributed by atoms with E-state index in [0.29, 0.717) is 37.1 Å². The fraction of sp³-hybridized carbons (Fsp3) is 0.321. The Labute approximate surface area is 204 Å². The zero-order chi connectivity index (χ0) is 25.1. The second kappa shape index (κ2) is 10.3. The predicted molar refractivity (Wildman–Crippen MR) is 130 cm³/mol. The van der Waals surface area contributed by atoms with E-state index in [9.17, 15) is 18.8 Å². The number of carbonyl (C=O) groups excluding carboxylic acids is 3. The van der Waals surface area contributed by atoms with Gasteiger partial charge in [-0.05, 0) is 76.1 Å². The Hall–Kier alpha value is -3.74. The molecule has 0 bridgehead atoms. The number of aromatic nitrogens is 1. The Morgan fingerprint density at radius 3 is 2.20 bits per heavy atom. The maximum absolute atomic E-state index is 13.1. The minimum atomic E-state index is -0.417. The minimum absolute atomic E-state index is 0.184. The lowest BCUT2D eigenvalue weighted by Crippen LogP contribution is -2.40. The summed E-state index contributed by atoms with van der Waals surface area (Å²) in [5, 5.41) is 0. The highest BCUT2D eigenvalue weighted by molar-refractivity contribution is 5.99. The zero-order valence-electron chi connectivity index (χ0n) is 20.2. The number of piperidine rings is 1. The molecule has 1 fully saturated rings. The van der Waals surface area contributed by atoms with Crippen molar-refractivity contribution in [2.24, 2.45) is 5.92 Å². The fourth-order valence-corrected chi connectivity index (χ4v) is 4.56. The highest BCUT2D eigenvalue weighted by atomic mass is 19.1. The fourth-order valence-electron chi connectivity index (χ4n) is 4.56. The second-order valence-electron chi connectivity index (χ2n) is 9.06. The van der Waals surface area contributed by atoms with Crippen LogP contribution in [-0.2, 0) is 9.53 Å². The first-order chi connectivity index (χ1) is 16.7. The Balaban J connectivity index is 1.32. The van der Waals surface area contributed by atoms with Crippen LogP contribution >= 0.6 is 0 Å². The number of carbonyl (C=O) groups is 3. The van der Waals surface area contributed by atoms with E-state index in [4.69, 9.17) is 4.74 Å². The molecule has 1 aromatic heterocycles. The highest BCUT2D eigenvalue weighted by Crippen LogP contribution is 2.23. The predicted octanol–water partition coefficient (Wildman–Crippen LogP) is 4.82. The molecule has 0 saturated carbocycles. The molecule has 0 atom stereocenters. The number of Topliss-reactive ketones (excluding diaryl/α,β-unsaturated/α-hetero) is 1. The molecule has 6 nitrogen and oxygen atoms in total. The Bertz CT molecular complexity index is 1240. The van der Waals surface area contributed by atoms with Crippen molar-refractivity contribution in [3.8, 4) is 5.69 Å². The van der Waals surface area contributed by atoms with Gasteiger partial charge in [0.05, 0.1) is 5.92 Å². The van der Waals surface area contributed by atoms with E-state index in [0.717, 1.165) is 22.6 Å². The number of aryl methyl sites for hydroxylation is 2. The number of rotatable bonds is 6. The molecule has 0 aliphatic carbocycles. The number of likely N-dealkylation sites (tertiary alicyclic amines) is 1. The average molecular weight is 477 g/mol. The van der Waals surface area contributed by atoms with Gasteiger partial charge >= 0.3 is 5.97 Å². The molecule has 1 aliphatic heterocycles. The summed E-state index contributed by atoms with van der Waals surface area (Å²) in [6.07, 6.45) is 0.920.